The van der Waals surface area contributed by atoms with E-state index in [1.54, 1.807) is 12.4 Å². The molecule has 3 heterocycles. The highest BCUT2D eigenvalue weighted by molar-refractivity contribution is 6.05. The highest BCUT2D eigenvalue weighted by atomic mass is 16.4. The number of aromatic nitrogens is 2. The number of nitrogens with one attached hydrogen (secondary N) is 1. The van der Waals surface area contributed by atoms with Crippen molar-refractivity contribution in [1.29, 1.82) is 0 Å². The Bertz CT molecular complexity index is 1340. The number of pyridine rings is 1. The number of benzene rings is 1. The Balaban J connectivity index is 1.29. The molecular formula is C24H21N3O4. The van der Waals surface area contributed by atoms with Gasteiger partial charge in [-0.3, -0.25) is 14.6 Å². The topological polar surface area (TPSA) is 97.4 Å². The molecule has 3 aromatic heterocycles. The van der Waals surface area contributed by atoms with Gasteiger partial charge in [0, 0.05) is 40.8 Å². The van der Waals surface area contributed by atoms with Crippen LogP contribution in [0.5, 0.6) is 0 Å². The van der Waals surface area contributed by atoms with E-state index >= 15 is 0 Å². The minimum atomic E-state index is -0.753. The molecule has 2 fully saturated rings. The van der Waals surface area contributed by atoms with E-state index in [4.69, 9.17) is 4.42 Å². The maximum absolute atomic E-state index is 13.1. The molecule has 2 aliphatic rings. The zero-order valence-corrected chi connectivity index (χ0v) is 17.0. The molecule has 0 aliphatic heterocycles. The van der Waals surface area contributed by atoms with E-state index in [1.165, 1.54) is 0 Å². The van der Waals surface area contributed by atoms with Gasteiger partial charge in [0.2, 0.25) is 0 Å². The fourth-order valence-electron chi connectivity index (χ4n) is 5.17. The van der Waals surface area contributed by atoms with Crippen LogP contribution in [0, 0.1) is 10.8 Å². The van der Waals surface area contributed by atoms with Crippen molar-refractivity contribution in [2.75, 3.05) is 0 Å². The molecule has 0 saturated heterocycles. The van der Waals surface area contributed by atoms with Gasteiger partial charge in [0.1, 0.15) is 11.3 Å². The number of fused-ring (bicyclic) bond motifs is 3. The summed E-state index contributed by atoms with van der Waals surface area (Å²) in [6.45, 7) is 2.39. The van der Waals surface area contributed by atoms with Gasteiger partial charge in [0.15, 0.2) is 0 Å². The van der Waals surface area contributed by atoms with E-state index in [-0.39, 0.29) is 17.4 Å². The second kappa shape index (κ2) is 5.97. The molecule has 0 radical (unpaired) electrons. The summed E-state index contributed by atoms with van der Waals surface area (Å²) in [6, 6.07) is 11.6. The monoisotopic (exact) mass is 415 g/mol. The average Bonchev–Trinajstić information content (AvgIpc) is 3.45. The first-order valence-corrected chi connectivity index (χ1v) is 10.4. The summed E-state index contributed by atoms with van der Waals surface area (Å²) in [5.41, 5.74) is 1.19. The number of carboxylic acids is 1. The van der Waals surface area contributed by atoms with Crippen molar-refractivity contribution in [2.24, 2.45) is 10.8 Å². The summed E-state index contributed by atoms with van der Waals surface area (Å²) in [6.07, 6.45) is 6.51. The first-order valence-electron chi connectivity index (χ1n) is 10.4. The Labute approximate surface area is 177 Å². The third-order valence-corrected chi connectivity index (χ3v) is 7.24. The maximum atomic E-state index is 13.1. The first kappa shape index (κ1) is 18.2. The van der Waals surface area contributed by atoms with Crippen LogP contribution in [-0.4, -0.2) is 32.6 Å². The second-order valence-electron chi connectivity index (χ2n) is 8.91. The third kappa shape index (κ3) is 2.49. The number of amides is 1. The fraction of sp³-hybridized carbons (Fsp3) is 0.292. The Kier molecular flexibility index (Phi) is 3.50. The number of carboxylic acid groups (broad SMARTS) is 1. The molecule has 1 atom stereocenters. The SMILES string of the molecule is C[C@H](NC(=O)c1cncc2ccn(Cc3cc4ccccc4o3)c12)C12CC1(C(=O)O)C2. The van der Waals surface area contributed by atoms with Crippen molar-refractivity contribution < 1.29 is 19.1 Å². The standard InChI is InChI=1S/C24H21N3O4/c1-14(23-12-24(23,13-23)22(29)30)26-21(28)18-10-25-9-16-6-7-27(20(16)18)11-17-8-15-4-2-3-5-19(15)31-17/h2-10,14H,11-13H2,1H3,(H,26,28)(H,29,30)/t14-,23?,24?/m0/s1. The summed E-state index contributed by atoms with van der Waals surface area (Å²) in [4.78, 5) is 28.9. The van der Waals surface area contributed by atoms with Crippen LogP contribution in [0.25, 0.3) is 21.9 Å². The normalized spacial score (nSPS) is 24.7. The van der Waals surface area contributed by atoms with E-state index < -0.39 is 11.4 Å². The van der Waals surface area contributed by atoms with Crippen LogP contribution in [0.3, 0.4) is 0 Å². The van der Waals surface area contributed by atoms with Gasteiger partial charge in [-0.2, -0.15) is 0 Å². The summed E-state index contributed by atoms with van der Waals surface area (Å²) in [5.74, 6) is -0.184. The first-order chi connectivity index (χ1) is 14.9. The van der Waals surface area contributed by atoms with Crippen LogP contribution in [0.15, 0.2) is 59.4 Å². The molecule has 31 heavy (non-hydrogen) atoms. The van der Waals surface area contributed by atoms with Crippen LogP contribution in [0.1, 0.15) is 35.9 Å². The smallest absolute Gasteiger partial charge is 0.310 e. The number of hydrogen-bond acceptors (Lipinski definition) is 4. The average molecular weight is 415 g/mol. The molecule has 0 unspecified atom stereocenters. The molecule has 7 heteroatoms. The van der Waals surface area contributed by atoms with Gasteiger partial charge in [-0.25, -0.2) is 0 Å². The minimum absolute atomic E-state index is 0.204. The van der Waals surface area contributed by atoms with Gasteiger partial charge in [-0.05, 0) is 38.0 Å². The third-order valence-electron chi connectivity index (χ3n) is 7.24. The van der Waals surface area contributed by atoms with Gasteiger partial charge in [0.25, 0.3) is 5.91 Å². The Morgan fingerprint density at radius 2 is 2.03 bits per heavy atom. The molecule has 2 aliphatic carbocycles. The van der Waals surface area contributed by atoms with Gasteiger partial charge < -0.3 is 19.4 Å². The largest absolute Gasteiger partial charge is 0.481 e. The van der Waals surface area contributed by atoms with Crippen LogP contribution in [0.4, 0.5) is 0 Å². The number of furan rings is 1. The predicted molar refractivity (Wildman–Crippen MR) is 114 cm³/mol. The molecule has 6 rings (SSSR count). The number of rotatable bonds is 6. The Hall–Kier alpha value is -3.61. The van der Waals surface area contributed by atoms with Gasteiger partial charge in [-0.15, -0.1) is 0 Å². The lowest BCUT2D eigenvalue weighted by Gasteiger charge is -2.17. The van der Waals surface area contributed by atoms with Crippen molar-refractivity contribution in [2.45, 2.75) is 32.4 Å². The van der Waals surface area contributed by atoms with Crippen molar-refractivity contribution in [1.82, 2.24) is 14.9 Å². The van der Waals surface area contributed by atoms with Gasteiger partial charge in [0.05, 0.1) is 23.0 Å². The zero-order chi connectivity index (χ0) is 21.4. The quantitative estimate of drug-likeness (QED) is 0.499. The lowest BCUT2D eigenvalue weighted by atomic mass is 10.1. The molecule has 7 nitrogen and oxygen atoms in total. The second-order valence-corrected chi connectivity index (χ2v) is 8.91. The number of para-hydroxylation sites is 1. The lowest BCUT2D eigenvalue weighted by Crippen LogP contribution is -2.36. The van der Waals surface area contributed by atoms with Crippen molar-refractivity contribution in [3.8, 4) is 0 Å². The summed E-state index contributed by atoms with van der Waals surface area (Å²) in [5, 5.41) is 14.4. The lowest BCUT2D eigenvalue weighted by molar-refractivity contribution is -0.141. The van der Waals surface area contributed by atoms with Crippen molar-refractivity contribution in [3.63, 3.8) is 0 Å². The summed E-state index contributed by atoms with van der Waals surface area (Å²) in [7, 11) is 0. The highest BCUT2D eigenvalue weighted by Gasteiger charge is 2.89. The zero-order valence-electron chi connectivity index (χ0n) is 17.0. The fourth-order valence-corrected chi connectivity index (χ4v) is 5.17. The van der Waals surface area contributed by atoms with Gasteiger partial charge in [-0.1, -0.05) is 18.2 Å². The molecule has 0 bridgehead atoms. The minimum Gasteiger partial charge on any atom is -0.481 e. The molecule has 4 aromatic rings. The van der Waals surface area contributed by atoms with Crippen LogP contribution in [-0.2, 0) is 11.3 Å². The number of hydrogen-bond donors (Lipinski definition) is 2. The Morgan fingerprint density at radius 1 is 1.23 bits per heavy atom. The molecule has 2 saturated carbocycles. The van der Waals surface area contributed by atoms with E-state index in [0.29, 0.717) is 24.9 Å². The molecule has 2 N–H and O–H groups in total. The van der Waals surface area contributed by atoms with Crippen LogP contribution in [0.2, 0.25) is 0 Å². The summed E-state index contributed by atoms with van der Waals surface area (Å²) >= 11 is 0. The highest BCUT2D eigenvalue weighted by Crippen LogP contribution is 2.87. The van der Waals surface area contributed by atoms with Crippen LogP contribution < -0.4 is 5.32 Å². The molecule has 1 aromatic carbocycles. The van der Waals surface area contributed by atoms with Gasteiger partial charge >= 0.3 is 5.97 Å². The van der Waals surface area contributed by atoms with E-state index in [9.17, 15) is 14.7 Å². The number of nitrogens with zero attached hydrogens (tertiary/aromatic N) is 2. The number of carbonyl (C=O) groups excluding carboxylic acids is 1. The van der Waals surface area contributed by atoms with Crippen LogP contribution >= 0.6 is 0 Å². The van der Waals surface area contributed by atoms with E-state index in [2.05, 4.69) is 10.3 Å². The summed E-state index contributed by atoms with van der Waals surface area (Å²) < 4.78 is 7.94. The number of aliphatic carboxylic acids is 1. The molecule has 1 amide bonds. The molecule has 156 valence electrons. The van der Waals surface area contributed by atoms with E-state index in [0.717, 1.165) is 27.6 Å². The number of carbonyl (C=O) groups is 2. The van der Waals surface area contributed by atoms with Crippen molar-refractivity contribution in [3.05, 3.63) is 66.3 Å². The Morgan fingerprint density at radius 3 is 2.77 bits per heavy atom. The predicted octanol–water partition coefficient (Wildman–Crippen LogP) is 3.81. The van der Waals surface area contributed by atoms with Crippen molar-refractivity contribution >= 4 is 33.7 Å². The molecular weight excluding hydrogens is 394 g/mol. The maximum Gasteiger partial charge on any atom is 0.310 e. The van der Waals surface area contributed by atoms with E-state index in [1.807, 2.05) is 54.1 Å². The molecule has 0 spiro atoms.